The van der Waals surface area contributed by atoms with Gasteiger partial charge in [0.05, 0.1) is 0 Å². The zero-order valence-electron chi connectivity index (χ0n) is 7.14. The molecule has 7 nitrogen and oxygen atoms in total. The normalized spacial score (nSPS) is 15.7. The summed E-state index contributed by atoms with van der Waals surface area (Å²) in [7, 11) is 1.49. The average molecular weight is 211 g/mol. The number of aliphatic carboxylic acids is 1. The van der Waals surface area contributed by atoms with E-state index in [2.05, 4.69) is 0 Å². The molecule has 0 saturated carbocycles. The van der Waals surface area contributed by atoms with Crippen molar-refractivity contribution in [3.05, 3.63) is 0 Å². The molecule has 13 heavy (non-hydrogen) atoms. The van der Waals surface area contributed by atoms with Crippen molar-refractivity contribution < 1.29 is 18.7 Å². The van der Waals surface area contributed by atoms with E-state index in [0.29, 0.717) is 6.54 Å². The van der Waals surface area contributed by atoms with E-state index < -0.39 is 23.4 Å². The predicted molar refractivity (Wildman–Crippen MR) is 47.0 cm³/mol. The van der Waals surface area contributed by atoms with E-state index in [4.69, 9.17) is 15.4 Å². The van der Waals surface area contributed by atoms with Crippen LogP contribution < -0.4 is 10.5 Å². The predicted octanol–water partition coefficient (Wildman–Crippen LogP) is -1.99. The summed E-state index contributed by atoms with van der Waals surface area (Å²) in [6.45, 7) is 0.598. The summed E-state index contributed by atoms with van der Waals surface area (Å²) in [5.41, 5.74) is 5.20. The van der Waals surface area contributed by atoms with Gasteiger partial charge in [0.1, 0.15) is 0 Å². The molecule has 8 heteroatoms. The van der Waals surface area contributed by atoms with Crippen LogP contribution in [0.1, 0.15) is 0 Å². The van der Waals surface area contributed by atoms with Crippen LogP contribution in [0.5, 0.6) is 0 Å². The molecular weight excluding hydrogens is 198 g/mol. The molecule has 0 bridgehead atoms. The number of nitrogens with one attached hydrogen (secondary N) is 1. The highest BCUT2D eigenvalue weighted by atomic mass is 32.2. The van der Waals surface area contributed by atoms with E-state index in [-0.39, 0.29) is 6.54 Å². The van der Waals surface area contributed by atoms with Crippen molar-refractivity contribution in [1.29, 1.82) is 0 Å². The fourth-order valence-electron chi connectivity index (χ4n) is 0.757. The third-order valence-corrected chi connectivity index (χ3v) is 1.79. The summed E-state index contributed by atoms with van der Waals surface area (Å²) in [5.74, 6) is -1.22. The van der Waals surface area contributed by atoms with E-state index in [1.54, 1.807) is 0 Å². The Labute approximate surface area is 78.3 Å². The molecule has 0 amide bonds. The zero-order chi connectivity index (χ0) is 10.4. The molecule has 0 heterocycles. The van der Waals surface area contributed by atoms with Crippen LogP contribution in [-0.2, 0) is 16.1 Å². The summed E-state index contributed by atoms with van der Waals surface area (Å²) >= 11 is -2.35. The minimum Gasteiger partial charge on any atom is -0.479 e. The lowest BCUT2D eigenvalue weighted by atomic mass is 10.4. The van der Waals surface area contributed by atoms with Crippen molar-refractivity contribution in [2.75, 3.05) is 20.1 Å². The Morgan fingerprint density at radius 2 is 2.31 bits per heavy atom. The molecule has 0 aromatic heterocycles. The third kappa shape index (κ3) is 4.90. The van der Waals surface area contributed by atoms with Gasteiger partial charge in [-0.15, -0.1) is 0 Å². The van der Waals surface area contributed by atoms with Gasteiger partial charge in [-0.3, -0.25) is 9.45 Å². The van der Waals surface area contributed by atoms with Crippen molar-refractivity contribution in [2.45, 2.75) is 6.17 Å². The summed E-state index contributed by atoms with van der Waals surface area (Å²) in [6, 6.07) is 0. The lowest BCUT2D eigenvalue weighted by molar-refractivity contribution is -0.143. The number of likely N-dealkylation sites (N-methyl/N-ethyl adjacent to an activating group) is 1. The van der Waals surface area contributed by atoms with Crippen molar-refractivity contribution in [3.63, 3.8) is 0 Å². The fourth-order valence-corrected chi connectivity index (χ4v) is 1.23. The Morgan fingerprint density at radius 1 is 1.77 bits per heavy atom. The van der Waals surface area contributed by atoms with Gasteiger partial charge in [-0.2, -0.15) is 4.72 Å². The van der Waals surface area contributed by atoms with Crippen molar-refractivity contribution in [2.24, 2.45) is 5.73 Å². The molecule has 0 aliphatic heterocycles. The molecule has 0 fully saturated rings. The van der Waals surface area contributed by atoms with Crippen molar-refractivity contribution >= 4 is 17.2 Å². The molecular formula is C5H13N3O4S. The van der Waals surface area contributed by atoms with Crippen LogP contribution in [0.4, 0.5) is 0 Å². The SMILES string of the molecule is CN(CCN)C(NS(=O)O)C(=O)O. The molecule has 0 spiro atoms. The second kappa shape index (κ2) is 6.00. The van der Waals surface area contributed by atoms with Gasteiger partial charge in [-0.05, 0) is 7.05 Å². The number of hydrogen-bond donors (Lipinski definition) is 4. The van der Waals surface area contributed by atoms with Crippen LogP contribution in [0, 0.1) is 0 Å². The van der Waals surface area contributed by atoms with Gasteiger partial charge in [0, 0.05) is 13.1 Å². The minimum absolute atomic E-state index is 0.278. The molecule has 0 aromatic carbocycles. The van der Waals surface area contributed by atoms with Crippen LogP contribution >= 0.6 is 0 Å². The molecule has 0 radical (unpaired) electrons. The van der Waals surface area contributed by atoms with Gasteiger partial charge in [0.25, 0.3) is 0 Å². The van der Waals surface area contributed by atoms with Crippen LogP contribution in [0.15, 0.2) is 0 Å². The van der Waals surface area contributed by atoms with Crippen LogP contribution in [0.2, 0.25) is 0 Å². The molecule has 78 valence electrons. The smallest absolute Gasteiger partial charge is 0.336 e. The maximum atomic E-state index is 10.6. The quantitative estimate of drug-likeness (QED) is 0.299. The van der Waals surface area contributed by atoms with Crippen LogP contribution in [0.25, 0.3) is 0 Å². The maximum Gasteiger partial charge on any atom is 0.336 e. The summed E-state index contributed by atoms with van der Waals surface area (Å²) in [6.07, 6.45) is -1.20. The van der Waals surface area contributed by atoms with E-state index in [1.807, 2.05) is 4.72 Å². The monoisotopic (exact) mass is 211 g/mol. The minimum atomic E-state index is -2.35. The number of carbonyl (C=O) groups is 1. The lowest BCUT2D eigenvalue weighted by Gasteiger charge is -2.22. The van der Waals surface area contributed by atoms with Gasteiger partial charge in [-0.1, -0.05) is 0 Å². The summed E-state index contributed by atoms with van der Waals surface area (Å²) in [5, 5.41) is 8.63. The van der Waals surface area contributed by atoms with E-state index in [1.165, 1.54) is 11.9 Å². The van der Waals surface area contributed by atoms with Gasteiger partial charge < -0.3 is 10.8 Å². The highest BCUT2D eigenvalue weighted by Gasteiger charge is 2.23. The standard InChI is InChI=1S/C5H13N3O4S/c1-8(3-2-6)4(5(9)10)7-13(11)12/h4,7H,2-3,6H2,1H3,(H,9,10)(H,11,12). The average Bonchev–Trinajstić information content (AvgIpc) is 1.99. The van der Waals surface area contributed by atoms with Gasteiger partial charge in [-0.25, -0.2) is 9.00 Å². The van der Waals surface area contributed by atoms with E-state index in [9.17, 15) is 9.00 Å². The highest BCUT2D eigenvalue weighted by molar-refractivity contribution is 7.77. The van der Waals surface area contributed by atoms with Gasteiger partial charge >= 0.3 is 5.97 Å². The Bertz CT molecular complexity index is 200. The first-order chi connectivity index (χ1) is 5.99. The van der Waals surface area contributed by atoms with Crippen LogP contribution in [-0.4, -0.2) is 51.0 Å². The Morgan fingerprint density at radius 3 is 2.62 bits per heavy atom. The number of nitrogens with zero attached hydrogens (tertiary/aromatic N) is 1. The molecule has 2 atom stereocenters. The number of carboxylic acids is 1. The summed E-state index contributed by atoms with van der Waals surface area (Å²) in [4.78, 5) is 11.9. The van der Waals surface area contributed by atoms with Crippen molar-refractivity contribution in [3.8, 4) is 0 Å². The third-order valence-electron chi connectivity index (χ3n) is 1.37. The molecule has 2 unspecified atom stereocenters. The molecule has 0 aromatic rings. The van der Waals surface area contributed by atoms with Gasteiger partial charge in [0.15, 0.2) is 6.17 Å². The second-order valence-corrected chi connectivity index (χ2v) is 3.11. The van der Waals surface area contributed by atoms with Crippen molar-refractivity contribution in [1.82, 2.24) is 9.62 Å². The Kier molecular flexibility index (Phi) is 5.75. The highest BCUT2D eigenvalue weighted by Crippen LogP contribution is 1.92. The molecule has 0 aliphatic carbocycles. The topological polar surface area (TPSA) is 116 Å². The fraction of sp³-hybridized carbons (Fsp3) is 0.800. The van der Waals surface area contributed by atoms with E-state index in [0.717, 1.165) is 0 Å². The number of rotatable bonds is 6. The first kappa shape index (κ1) is 12.5. The summed E-state index contributed by atoms with van der Waals surface area (Å²) < 4.78 is 20.7. The molecule has 0 aliphatic rings. The first-order valence-corrected chi connectivity index (χ1v) is 4.60. The first-order valence-electron chi connectivity index (χ1n) is 3.49. The molecule has 5 N–H and O–H groups in total. The lowest BCUT2D eigenvalue weighted by Crippen LogP contribution is -2.51. The number of nitrogens with two attached hydrogens (primary N) is 1. The molecule has 0 saturated heterocycles. The zero-order valence-corrected chi connectivity index (χ0v) is 7.95. The Balaban J connectivity index is 4.23. The molecule has 0 rings (SSSR count). The maximum absolute atomic E-state index is 10.6. The largest absolute Gasteiger partial charge is 0.479 e. The van der Waals surface area contributed by atoms with Crippen LogP contribution in [0.3, 0.4) is 0 Å². The second-order valence-electron chi connectivity index (χ2n) is 2.38. The number of hydrogen-bond acceptors (Lipinski definition) is 4. The van der Waals surface area contributed by atoms with Gasteiger partial charge in [0.2, 0.25) is 11.3 Å². The number of carboxylic acid groups (broad SMARTS) is 1. The Hall–Kier alpha value is -0.540. The van der Waals surface area contributed by atoms with E-state index >= 15 is 0 Å².